The number of carbonyl (C=O) groups is 3. The van der Waals surface area contributed by atoms with Crippen LogP contribution < -0.4 is 5.32 Å². The highest BCUT2D eigenvalue weighted by Gasteiger charge is 2.18. The van der Waals surface area contributed by atoms with Crippen molar-refractivity contribution in [1.29, 1.82) is 0 Å². The summed E-state index contributed by atoms with van der Waals surface area (Å²) in [5, 5.41) is 2.70. The van der Waals surface area contributed by atoms with Crippen molar-refractivity contribution in [3.63, 3.8) is 0 Å². The second-order valence-corrected chi connectivity index (χ2v) is 9.58. The lowest BCUT2D eigenvalue weighted by Crippen LogP contribution is -2.38. The Kier molecular flexibility index (Phi) is 14.6. The molecular weight excluding hydrogens is 464 g/mol. The molecule has 1 amide bonds. The maximum atomic E-state index is 11.9. The van der Waals surface area contributed by atoms with E-state index in [0.717, 1.165) is 23.7 Å². The number of nitrogens with zero attached hydrogens (tertiary/aromatic N) is 1. The van der Waals surface area contributed by atoms with Gasteiger partial charge in [-0.1, -0.05) is 32.1 Å². The molecule has 0 aliphatic heterocycles. The molecule has 5 nitrogen and oxygen atoms in total. The third-order valence-corrected chi connectivity index (χ3v) is 5.17. The van der Waals surface area contributed by atoms with Crippen LogP contribution in [0.5, 0.6) is 0 Å². The molecule has 0 heterocycles. The van der Waals surface area contributed by atoms with Crippen molar-refractivity contribution in [3.8, 4) is 0 Å². The number of unbranched alkanes of at least 4 members (excludes halogenated alkanes) is 7. The van der Waals surface area contributed by atoms with E-state index in [1.807, 2.05) is 0 Å². The van der Waals surface area contributed by atoms with E-state index < -0.39 is 6.04 Å². The smallest absolute Gasteiger partial charge is 0.220 e. The number of hydrogen-bond donors (Lipinski definition) is 1. The molecule has 0 saturated carbocycles. The zero-order valence-corrected chi connectivity index (χ0v) is 19.7. The Balaban J connectivity index is 3.63. The molecule has 0 rings (SSSR count). The molecule has 0 aliphatic rings. The number of quaternary nitrogens is 1. The molecule has 0 aliphatic carbocycles. The largest absolute Gasteiger partial charge is 0.345 e. The highest BCUT2D eigenvalue weighted by atomic mass is 79.9. The Labute approximate surface area is 175 Å². The van der Waals surface area contributed by atoms with Crippen molar-refractivity contribution in [2.45, 2.75) is 76.7 Å². The summed E-state index contributed by atoms with van der Waals surface area (Å²) < 4.78 is 0.587. The van der Waals surface area contributed by atoms with Gasteiger partial charge in [0.15, 0.2) is 4.69 Å². The van der Waals surface area contributed by atoms with Crippen molar-refractivity contribution in [1.82, 2.24) is 5.32 Å². The summed E-state index contributed by atoms with van der Waals surface area (Å²) in [5.41, 5.74) is 0. The number of carbonyl (C=O) groups excluding carboxylic acids is 3. The molecule has 0 spiro atoms. The average Bonchev–Trinajstić information content (AvgIpc) is 2.51. The second-order valence-electron chi connectivity index (χ2n) is 7.91. The maximum absolute atomic E-state index is 11.9. The minimum atomic E-state index is -0.629. The van der Waals surface area contributed by atoms with Crippen molar-refractivity contribution in [3.05, 3.63) is 0 Å². The Hall–Kier alpha value is -0.270. The Morgan fingerprint density at radius 2 is 1.31 bits per heavy atom. The van der Waals surface area contributed by atoms with Gasteiger partial charge in [-0.05, 0) is 57.5 Å². The van der Waals surface area contributed by atoms with E-state index in [-0.39, 0.29) is 21.7 Å². The molecule has 0 unspecified atom stereocenters. The van der Waals surface area contributed by atoms with E-state index >= 15 is 0 Å². The second kappa shape index (κ2) is 14.7. The van der Waals surface area contributed by atoms with E-state index in [1.54, 1.807) is 0 Å². The Bertz CT molecular complexity index is 437. The third-order valence-electron chi connectivity index (χ3n) is 4.22. The number of hydrogen-bond acceptors (Lipinski definition) is 3. The van der Waals surface area contributed by atoms with Gasteiger partial charge in [0.2, 0.25) is 10.6 Å². The van der Waals surface area contributed by atoms with Crippen molar-refractivity contribution >= 4 is 47.2 Å². The van der Waals surface area contributed by atoms with Gasteiger partial charge in [-0.25, -0.2) is 0 Å². The van der Waals surface area contributed by atoms with E-state index in [2.05, 4.69) is 58.3 Å². The van der Waals surface area contributed by atoms with E-state index in [0.29, 0.717) is 12.8 Å². The fourth-order valence-electron chi connectivity index (χ4n) is 2.70. The van der Waals surface area contributed by atoms with E-state index in [1.165, 1.54) is 38.6 Å². The third kappa shape index (κ3) is 17.2. The quantitative estimate of drug-likeness (QED) is 0.196. The van der Waals surface area contributed by atoms with Gasteiger partial charge in [0.05, 0.1) is 33.7 Å². The normalized spacial score (nSPS) is 12.7. The summed E-state index contributed by atoms with van der Waals surface area (Å²) in [7, 11) is 6.69. The topological polar surface area (TPSA) is 63.2 Å². The highest BCUT2D eigenvalue weighted by molar-refractivity contribution is 9.18. The summed E-state index contributed by atoms with van der Waals surface area (Å²) in [6, 6.07) is -0.629. The van der Waals surface area contributed by atoms with Gasteiger partial charge in [-0.2, -0.15) is 0 Å². The molecule has 7 heteroatoms. The lowest BCUT2D eigenvalue weighted by atomic mass is 10.1. The summed E-state index contributed by atoms with van der Waals surface area (Å²) in [4.78, 5) is 34.3. The number of nitrogens with one attached hydrogen (secondary N) is 1. The minimum absolute atomic E-state index is 0.120. The molecule has 0 aromatic heterocycles. The molecule has 0 aromatic rings. The molecule has 152 valence electrons. The van der Waals surface area contributed by atoms with Gasteiger partial charge in [0, 0.05) is 12.8 Å². The molecule has 0 saturated heterocycles. The molecule has 1 N–H and O–H groups in total. The van der Waals surface area contributed by atoms with Crippen LogP contribution in [-0.4, -0.2) is 53.5 Å². The predicted molar refractivity (Wildman–Crippen MR) is 113 cm³/mol. The van der Waals surface area contributed by atoms with Crippen LogP contribution >= 0.6 is 31.9 Å². The van der Waals surface area contributed by atoms with Gasteiger partial charge < -0.3 is 9.80 Å². The lowest BCUT2D eigenvalue weighted by Gasteiger charge is -2.23. The van der Waals surface area contributed by atoms with Crippen LogP contribution in [0.25, 0.3) is 0 Å². The molecule has 1 atom stereocenters. The summed E-state index contributed by atoms with van der Waals surface area (Å²) in [6.45, 7) is 1.23. The zero-order valence-electron chi connectivity index (χ0n) is 16.5. The number of amides is 1. The SMILES string of the molecule is C[N+](C)(C)CCCCCCCCCCC(=O)N[C@@H](CCC(=O)Br)C(=O)Br. The predicted octanol–water partition coefficient (Wildman–Crippen LogP) is 4.31. The lowest BCUT2D eigenvalue weighted by molar-refractivity contribution is -0.870. The maximum Gasteiger partial charge on any atom is 0.220 e. The fraction of sp³-hybridized carbons (Fsp3) is 0.842. The van der Waals surface area contributed by atoms with Crippen LogP contribution in [0.15, 0.2) is 0 Å². The van der Waals surface area contributed by atoms with E-state index in [9.17, 15) is 14.4 Å². The van der Waals surface area contributed by atoms with Crippen LogP contribution in [0.4, 0.5) is 0 Å². The standard InChI is InChI=1S/C19H34Br2N2O3/c1-23(2,3)15-11-9-7-5-4-6-8-10-12-18(25)22-16(19(21)26)13-14-17(20)24/h16H,4-15H2,1-3H3/p+1/t16-/m0/s1. The van der Waals surface area contributed by atoms with Crippen molar-refractivity contribution < 1.29 is 18.9 Å². The van der Waals surface area contributed by atoms with Crippen LogP contribution in [-0.2, 0) is 14.4 Å². The number of halogens is 2. The van der Waals surface area contributed by atoms with Crippen LogP contribution in [0, 0.1) is 0 Å². The highest BCUT2D eigenvalue weighted by Crippen LogP contribution is 2.11. The van der Waals surface area contributed by atoms with Gasteiger partial charge in [0.25, 0.3) is 0 Å². The fourth-order valence-corrected chi connectivity index (χ4v) is 3.27. The molecule has 0 aromatic carbocycles. The number of rotatable bonds is 16. The van der Waals surface area contributed by atoms with Crippen LogP contribution in [0.1, 0.15) is 70.6 Å². The first-order chi connectivity index (χ1) is 12.1. The summed E-state index contributed by atoms with van der Waals surface area (Å²) in [5.74, 6) is -0.120. The summed E-state index contributed by atoms with van der Waals surface area (Å²) >= 11 is 5.71. The molecule has 26 heavy (non-hydrogen) atoms. The molecule has 0 bridgehead atoms. The first-order valence-electron chi connectivity index (χ1n) is 9.59. The van der Waals surface area contributed by atoms with Crippen molar-refractivity contribution in [2.24, 2.45) is 0 Å². The van der Waals surface area contributed by atoms with E-state index in [4.69, 9.17) is 0 Å². The van der Waals surface area contributed by atoms with Gasteiger partial charge >= 0.3 is 0 Å². The van der Waals surface area contributed by atoms with Gasteiger partial charge in [-0.15, -0.1) is 0 Å². The van der Waals surface area contributed by atoms with Gasteiger partial charge in [0.1, 0.15) is 0 Å². The average molecular weight is 499 g/mol. The Morgan fingerprint density at radius 3 is 1.77 bits per heavy atom. The zero-order chi connectivity index (χ0) is 20.0. The monoisotopic (exact) mass is 497 g/mol. The van der Waals surface area contributed by atoms with Crippen LogP contribution in [0.2, 0.25) is 0 Å². The van der Waals surface area contributed by atoms with Crippen LogP contribution in [0.3, 0.4) is 0 Å². The summed E-state index contributed by atoms with van der Waals surface area (Å²) in [6.07, 6.45) is 10.4. The first kappa shape index (κ1) is 25.7. The Morgan fingerprint density at radius 1 is 0.808 bits per heavy atom. The molecule has 0 radical (unpaired) electrons. The first-order valence-corrected chi connectivity index (χ1v) is 11.2. The molecular formula is C19H35Br2N2O3+. The van der Waals surface area contributed by atoms with Gasteiger partial charge in [-0.3, -0.25) is 14.4 Å². The molecule has 0 fully saturated rings. The minimum Gasteiger partial charge on any atom is -0.345 e. The van der Waals surface area contributed by atoms with Crippen molar-refractivity contribution in [2.75, 3.05) is 27.7 Å².